The van der Waals surface area contributed by atoms with E-state index in [-0.39, 0.29) is 18.6 Å². The summed E-state index contributed by atoms with van der Waals surface area (Å²) in [6.07, 6.45) is 1.71. The van der Waals surface area contributed by atoms with Crippen LogP contribution in [0.3, 0.4) is 0 Å². The van der Waals surface area contributed by atoms with Gasteiger partial charge in [-0.1, -0.05) is 12.1 Å². The summed E-state index contributed by atoms with van der Waals surface area (Å²) in [5.41, 5.74) is 7.02. The fourth-order valence-corrected chi connectivity index (χ4v) is 2.99. The van der Waals surface area contributed by atoms with Crippen molar-refractivity contribution in [3.63, 3.8) is 0 Å². The molecule has 0 fully saturated rings. The molecule has 0 radical (unpaired) electrons. The zero-order valence-corrected chi connectivity index (χ0v) is 18.4. The topological polar surface area (TPSA) is 220 Å². The predicted molar refractivity (Wildman–Crippen MR) is 118 cm³/mol. The Kier molecular flexibility index (Phi) is 9.52. The number of aromatic nitrogens is 2. The van der Waals surface area contributed by atoms with Crippen LogP contribution >= 0.6 is 0 Å². The molecule has 4 unspecified atom stereocenters. The molecule has 1 aromatic carbocycles. The molecule has 1 heterocycles. The monoisotopic (exact) mass is 476 g/mol. The summed E-state index contributed by atoms with van der Waals surface area (Å²) in [5.74, 6) is -3.61. The molecule has 9 N–H and O–H groups in total. The van der Waals surface area contributed by atoms with Gasteiger partial charge in [0.2, 0.25) is 17.7 Å². The van der Waals surface area contributed by atoms with E-state index in [2.05, 4.69) is 25.9 Å². The quantitative estimate of drug-likeness (QED) is 0.166. The second-order valence-electron chi connectivity index (χ2n) is 7.66. The van der Waals surface area contributed by atoms with Gasteiger partial charge in [0.1, 0.15) is 11.8 Å². The highest BCUT2D eigenvalue weighted by molar-refractivity contribution is 5.92. The van der Waals surface area contributed by atoms with Crippen molar-refractivity contribution in [3.05, 3.63) is 48.0 Å². The third-order valence-corrected chi connectivity index (χ3v) is 4.83. The summed E-state index contributed by atoms with van der Waals surface area (Å²) >= 11 is 0. The van der Waals surface area contributed by atoms with Gasteiger partial charge in [0.25, 0.3) is 0 Å². The first-order chi connectivity index (χ1) is 16.1. The standard InChI is InChI=1S/C21H28N6O7/c1-11(28)18(21(33)34)27-20(32)16(6-12-2-4-14(29)5-3-12)26-17(30)9-24-19(31)15(22)7-13-8-23-10-25-13/h2-5,8,10-11,15-16,18,28-29H,6-7,9,22H2,1H3,(H,23,25)(H,24,31)(H,26,30)(H,27,32)(H,33,34). The first-order valence-corrected chi connectivity index (χ1v) is 10.4. The van der Waals surface area contributed by atoms with Crippen LogP contribution in [0.15, 0.2) is 36.8 Å². The third-order valence-electron chi connectivity index (χ3n) is 4.83. The number of carboxylic acids is 1. The van der Waals surface area contributed by atoms with Crippen LogP contribution in [-0.2, 0) is 32.0 Å². The van der Waals surface area contributed by atoms with Gasteiger partial charge in [-0.2, -0.15) is 0 Å². The Bertz CT molecular complexity index is 978. The van der Waals surface area contributed by atoms with Gasteiger partial charge >= 0.3 is 5.97 Å². The molecule has 3 amide bonds. The predicted octanol–water partition coefficient (Wildman–Crippen LogP) is -2.22. The zero-order chi connectivity index (χ0) is 25.3. The number of hydrogen-bond donors (Lipinski definition) is 8. The molecule has 4 atom stereocenters. The van der Waals surface area contributed by atoms with Crippen LogP contribution in [-0.4, -0.2) is 79.8 Å². The molecular formula is C21H28N6O7. The highest BCUT2D eigenvalue weighted by atomic mass is 16.4. The number of carbonyl (C=O) groups excluding carboxylic acids is 3. The number of aromatic amines is 1. The smallest absolute Gasteiger partial charge is 0.328 e. The van der Waals surface area contributed by atoms with Crippen molar-refractivity contribution in [1.82, 2.24) is 25.9 Å². The Morgan fingerprint density at radius 3 is 2.32 bits per heavy atom. The van der Waals surface area contributed by atoms with E-state index in [1.807, 2.05) is 0 Å². The minimum absolute atomic E-state index is 0.00279. The van der Waals surface area contributed by atoms with Gasteiger partial charge in [-0.3, -0.25) is 14.4 Å². The lowest BCUT2D eigenvalue weighted by Gasteiger charge is -2.23. The number of phenolic OH excluding ortho intramolecular Hbond substituents is 1. The molecule has 34 heavy (non-hydrogen) atoms. The number of hydrogen-bond acceptors (Lipinski definition) is 8. The molecule has 2 rings (SSSR count). The maximum Gasteiger partial charge on any atom is 0.328 e. The summed E-state index contributed by atoms with van der Waals surface area (Å²) in [7, 11) is 0. The summed E-state index contributed by atoms with van der Waals surface area (Å²) in [6.45, 7) is 0.724. The van der Waals surface area contributed by atoms with Gasteiger partial charge in [0.15, 0.2) is 6.04 Å². The van der Waals surface area contributed by atoms with Crippen LogP contribution in [0, 0.1) is 0 Å². The number of phenols is 1. The molecule has 0 saturated heterocycles. The van der Waals surface area contributed by atoms with Crippen molar-refractivity contribution in [2.75, 3.05) is 6.54 Å². The number of rotatable bonds is 12. The molecule has 13 nitrogen and oxygen atoms in total. The number of carboxylic acid groups (broad SMARTS) is 1. The van der Waals surface area contributed by atoms with Gasteiger partial charge in [-0.05, 0) is 24.6 Å². The van der Waals surface area contributed by atoms with Gasteiger partial charge in [0, 0.05) is 24.7 Å². The first kappa shape index (κ1) is 26.3. The van der Waals surface area contributed by atoms with Gasteiger partial charge in [-0.15, -0.1) is 0 Å². The molecule has 0 aliphatic heterocycles. The Hall–Kier alpha value is -3.97. The number of nitrogens with zero attached hydrogens (tertiary/aromatic N) is 1. The minimum atomic E-state index is -1.59. The molecule has 0 spiro atoms. The maximum absolute atomic E-state index is 12.7. The van der Waals surface area contributed by atoms with Gasteiger partial charge in [-0.25, -0.2) is 9.78 Å². The number of aromatic hydroxyl groups is 1. The summed E-state index contributed by atoms with van der Waals surface area (Å²) < 4.78 is 0. The molecule has 0 bridgehead atoms. The van der Waals surface area contributed by atoms with E-state index in [1.165, 1.54) is 43.7 Å². The summed E-state index contributed by atoms with van der Waals surface area (Å²) in [6, 6.07) is 2.08. The highest BCUT2D eigenvalue weighted by Crippen LogP contribution is 2.12. The van der Waals surface area contributed by atoms with Crippen LogP contribution in [0.1, 0.15) is 18.2 Å². The van der Waals surface area contributed by atoms with Crippen LogP contribution in [0.5, 0.6) is 5.75 Å². The first-order valence-electron chi connectivity index (χ1n) is 10.4. The van der Waals surface area contributed by atoms with Crippen molar-refractivity contribution < 1.29 is 34.5 Å². The lowest BCUT2D eigenvalue weighted by atomic mass is 10.0. The Labute approximate surface area is 194 Å². The lowest BCUT2D eigenvalue weighted by molar-refractivity contribution is -0.145. The molecule has 184 valence electrons. The van der Waals surface area contributed by atoms with Gasteiger partial charge < -0.3 is 42.0 Å². The summed E-state index contributed by atoms with van der Waals surface area (Å²) in [5, 5.41) is 35.3. The molecular weight excluding hydrogens is 448 g/mol. The number of aliphatic carboxylic acids is 1. The summed E-state index contributed by atoms with van der Waals surface area (Å²) in [4.78, 5) is 55.3. The number of amides is 3. The van der Waals surface area contributed by atoms with Crippen LogP contribution in [0.2, 0.25) is 0 Å². The van der Waals surface area contributed by atoms with Crippen molar-refractivity contribution in [3.8, 4) is 5.75 Å². The number of nitrogens with two attached hydrogens (primary N) is 1. The minimum Gasteiger partial charge on any atom is -0.508 e. The number of aliphatic hydroxyl groups is 1. The molecule has 0 aliphatic rings. The van der Waals surface area contributed by atoms with E-state index < -0.39 is 54.5 Å². The normalized spacial score (nSPS) is 14.3. The molecule has 1 aromatic heterocycles. The van der Waals surface area contributed by atoms with Crippen LogP contribution < -0.4 is 21.7 Å². The maximum atomic E-state index is 12.7. The largest absolute Gasteiger partial charge is 0.508 e. The number of aliphatic hydroxyl groups excluding tert-OH is 1. The number of nitrogens with one attached hydrogen (secondary N) is 4. The fraction of sp³-hybridized carbons (Fsp3) is 0.381. The SMILES string of the molecule is CC(O)C(NC(=O)C(Cc1ccc(O)cc1)NC(=O)CNC(=O)C(N)Cc1cnc[nH]1)C(=O)O. The van der Waals surface area contributed by atoms with Crippen molar-refractivity contribution in [2.45, 2.75) is 44.0 Å². The number of imidazole rings is 1. The Morgan fingerprint density at radius 2 is 1.76 bits per heavy atom. The van der Waals surface area contributed by atoms with Crippen LogP contribution in [0.4, 0.5) is 0 Å². The highest BCUT2D eigenvalue weighted by Gasteiger charge is 2.29. The van der Waals surface area contributed by atoms with Crippen LogP contribution in [0.25, 0.3) is 0 Å². The number of carbonyl (C=O) groups is 4. The molecule has 0 saturated carbocycles. The lowest BCUT2D eigenvalue weighted by Crippen LogP contribution is -2.56. The van der Waals surface area contributed by atoms with E-state index in [0.29, 0.717) is 11.3 Å². The van der Waals surface area contributed by atoms with Crippen molar-refractivity contribution >= 4 is 23.7 Å². The molecule has 0 aliphatic carbocycles. The second kappa shape index (κ2) is 12.3. The van der Waals surface area contributed by atoms with Gasteiger partial charge in [0.05, 0.1) is 25.0 Å². The average molecular weight is 476 g/mol. The van der Waals surface area contributed by atoms with Crippen molar-refractivity contribution in [1.29, 1.82) is 0 Å². The van der Waals surface area contributed by atoms with E-state index in [4.69, 9.17) is 5.73 Å². The molecule has 13 heteroatoms. The third kappa shape index (κ3) is 8.18. The Morgan fingerprint density at radius 1 is 1.09 bits per heavy atom. The van der Waals surface area contributed by atoms with Crippen molar-refractivity contribution in [2.24, 2.45) is 5.73 Å². The van der Waals surface area contributed by atoms with E-state index >= 15 is 0 Å². The average Bonchev–Trinajstić information content (AvgIpc) is 3.29. The second-order valence-corrected chi connectivity index (χ2v) is 7.66. The fourth-order valence-electron chi connectivity index (χ4n) is 2.99. The van der Waals surface area contributed by atoms with E-state index in [0.717, 1.165) is 0 Å². The Balaban J connectivity index is 2.01. The molecule has 2 aromatic rings. The van der Waals surface area contributed by atoms with E-state index in [9.17, 15) is 34.5 Å². The zero-order valence-electron chi connectivity index (χ0n) is 18.4. The number of H-pyrrole nitrogens is 1. The number of benzene rings is 1. The van der Waals surface area contributed by atoms with E-state index in [1.54, 1.807) is 0 Å².